The Morgan fingerprint density at radius 1 is 1.18 bits per heavy atom. The van der Waals surface area contributed by atoms with E-state index < -0.39 is 0 Å². The van der Waals surface area contributed by atoms with Crippen molar-refractivity contribution in [2.24, 2.45) is 23.5 Å². The minimum Gasteiger partial charge on any atom is -0.325 e. The van der Waals surface area contributed by atoms with Crippen molar-refractivity contribution in [2.75, 3.05) is 0 Å². The molecule has 1 heteroatoms. The first kappa shape index (κ1) is 15.0. The second-order valence-electron chi connectivity index (χ2n) is 6.78. The zero-order chi connectivity index (χ0) is 12.9. The lowest BCUT2D eigenvalue weighted by Gasteiger charge is -2.46. The number of hydrogen-bond acceptors (Lipinski definition) is 1. The predicted molar refractivity (Wildman–Crippen MR) is 77.0 cm³/mol. The largest absolute Gasteiger partial charge is 0.325 e. The molecule has 1 saturated carbocycles. The Morgan fingerprint density at radius 2 is 1.88 bits per heavy atom. The van der Waals surface area contributed by atoms with Gasteiger partial charge in [-0.3, -0.25) is 0 Å². The lowest BCUT2D eigenvalue weighted by atomic mass is 9.63. The van der Waals surface area contributed by atoms with E-state index in [1.54, 1.807) is 0 Å². The van der Waals surface area contributed by atoms with E-state index in [9.17, 15) is 0 Å². The van der Waals surface area contributed by atoms with E-state index in [-0.39, 0.29) is 5.54 Å². The Labute approximate surface area is 109 Å². The summed E-state index contributed by atoms with van der Waals surface area (Å²) in [6, 6.07) is 0. The highest BCUT2D eigenvalue weighted by Gasteiger charge is 2.40. The van der Waals surface area contributed by atoms with Crippen molar-refractivity contribution in [3.63, 3.8) is 0 Å². The van der Waals surface area contributed by atoms with Gasteiger partial charge in [-0.2, -0.15) is 0 Å². The molecule has 0 amide bonds. The third-order valence-corrected chi connectivity index (χ3v) is 4.74. The fraction of sp³-hybridized carbons (Fsp3) is 1.00. The van der Waals surface area contributed by atoms with Gasteiger partial charge in [-0.1, -0.05) is 59.8 Å². The van der Waals surface area contributed by atoms with E-state index in [0.29, 0.717) is 0 Å². The van der Waals surface area contributed by atoms with Crippen LogP contribution in [0.4, 0.5) is 0 Å². The van der Waals surface area contributed by atoms with Crippen molar-refractivity contribution in [1.29, 1.82) is 0 Å². The van der Waals surface area contributed by atoms with Crippen LogP contribution >= 0.6 is 0 Å². The number of rotatable bonds is 6. The summed E-state index contributed by atoms with van der Waals surface area (Å²) in [5, 5.41) is 0. The fourth-order valence-corrected chi connectivity index (χ4v) is 3.82. The van der Waals surface area contributed by atoms with Gasteiger partial charge in [0.05, 0.1) is 0 Å². The van der Waals surface area contributed by atoms with Crippen LogP contribution in [0.1, 0.15) is 79.1 Å². The predicted octanol–water partition coefficient (Wildman–Crippen LogP) is 4.75. The first-order valence-corrected chi connectivity index (χ1v) is 7.78. The first-order chi connectivity index (χ1) is 7.99. The molecule has 0 aliphatic heterocycles. The standard InChI is InChI=1S/C16H33N/c1-5-6-7-8-11-16(17)12-14(4)9-10-15(16)13(2)3/h13-15H,5-12,17H2,1-4H3. The highest BCUT2D eigenvalue weighted by Crippen LogP contribution is 2.42. The minimum atomic E-state index is 0.138. The summed E-state index contributed by atoms with van der Waals surface area (Å²) in [6.07, 6.45) is 10.6. The third kappa shape index (κ3) is 4.28. The SMILES string of the molecule is CCCCCCC1(N)CC(C)CCC1C(C)C. The molecule has 2 N–H and O–H groups in total. The van der Waals surface area contributed by atoms with E-state index >= 15 is 0 Å². The molecule has 1 aliphatic rings. The molecule has 17 heavy (non-hydrogen) atoms. The molecule has 0 spiro atoms. The number of nitrogens with two attached hydrogens (primary N) is 1. The van der Waals surface area contributed by atoms with E-state index in [2.05, 4.69) is 27.7 Å². The Morgan fingerprint density at radius 3 is 2.47 bits per heavy atom. The Hall–Kier alpha value is -0.0400. The van der Waals surface area contributed by atoms with Crippen LogP contribution in [-0.2, 0) is 0 Å². The maximum Gasteiger partial charge on any atom is 0.0187 e. The normalized spacial score (nSPS) is 34.2. The summed E-state index contributed by atoms with van der Waals surface area (Å²) in [5.41, 5.74) is 6.92. The lowest BCUT2D eigenvalue weighted by molar-refractivity contribution is 0.0988. The average Bonchev–Trinajstić information content (AvgIpc) is 2.23. The van der Waals surface area contributed by atoms with Gasteiger partial charge in [0.25, 0.3) is 0 Å². The zero-order valence-electron chi connectivity index (χ0n) is 12.5. The van der Waals surface area contributed by atoms with Crippen molar-refractivity contribution in [1.82, 2.24) is 0 Å². The summed E-state index contributed by atoms with van der Waals surface area (Å²) in [4.78, 5) is 0. The van der Waals surface area contributed by atoms with E-state index in [1.165, 1.54) is 51.4 Å². The summed E-state index contributed by atoms with van der Waals surface area (Å²) in [6.45, 7) is 9.37. The molecule has 0 aromatic carbocycles. The summed E-state index contributed by atoms with van der Waals surface area (Å²) >= 11 is 0. The maximum absolute atomic E-state index is 6.78. The third-order valence-electron chi connectivity index (χ3n) is 4.74. The van der Waals surface area contributed by atoms with Crippen molar-refractivity contribution in [2.45, 2.75) is 84.6 Å². The molecule has 0 heterocycles. The minimum absolute atomic E-state index is 0.138. The Balaban J connectivity index is 2.52. The second-order valence-corrected chi connectivity index (χ2v) is 6.78. The van der Waals surface area contributed by atoms with Gasteiger partial charge in [-0.15, -0.1) is 0 Å². The molecule has 3 unspecified atom stereocenters. The van der Waals surface area contributed by atoms with E-state index in [0.717, 1.165) is 17.8 Å². The first-order valence-electron chi connectivity index (χ1n) is 7.78. The number of hydrogen-bond donors (Lipinski definition) is 1. The molecule has 3 atom stereocenters. The molecule has 1 fully saturated rings. The highest BCUT2D eigenvalue weighted by atomic mass is 14.8. The Kier molecular flexibility index (Phi) is 5.99. The van der Waals surface area contributed by atoms with Crippen molar-refractivity contribution in [3.8, 4) is 0 Å². The van der Waals surface area contributed by atoms with Gasteiger partial charge in [-0.05, 0) is 37.0 Å². The fourth-order valence-electron chi connectivity index (χ4n) is 3.82. The zero-order valence-corrected chi connectivity index (χ0v) is 12.5. The van der Waals surface area contributed by atoms with Crippen LogP contribution in [0.3, 0.4) is 0 Å². The van der Waals surface area contributed by atoms with Crippen molar-refractivity contribution >= 4 is 0 Å². The quantitative estimate of drug-likeness (QED) is 0.665. The molecular weight excluding hydrogens is 206 g/mol. The van der Waals surface area contributed by atoms with Gasteiger partial charge in [0, 0.05) is 5.54 Å². The molecule has 0 aromatic rings. The van der Waals surface area contributed by atoms with Crippen LogP contribution in [0.15, 0.2) is 0 Å². The molecule has 1 aliphatic carbocycles. The number of unbranched alkanes of at least 4 members (excludes halogenated alkanes) is 3. The summed E-state index contributed by atoms with van der Waals surface area (Å²) < 4.78 is 0. The van der Waals surface area contributed by atoms with Gasteiger partial charge in [-0.25, -0.2) is 0 Å². The van der Waals surface area contributed by atoms with Crippen LogP contribution < -0.4 is 5.73 Å². The van der Waals surface area contributed by atoms with Gasteiger partial charge in [0.2, 0.25) is 0 Å². The molecular formula is C16H33N. The highest BCUT2D eigenvalue weighted by molar-refractivity contribution is 4.97. The molecule has 0 radical (unpaired) electrons. The van der Waals surface area contributed by atoms with Crippen LogP contribution in [0.2, 0.25) is 0 Å². The van der Waals surface area contributed by atoms with E-state index in [4.69, 9.17) is 5.73 Å². The van der Waals surface area contributed by atoms with Crippen molar-refractivity contribution < 1.29 is 0 Å². The lowest BCUT2D eigenvalue weighted by Crippen LogP contribution is -2.52. The monoisotopic (exact) mass is 239 g/mol. The molecule has 0 saturated heterocycles. The summed E-state index contributed by atoms with van der Waals surface area (Å²) in [5.74, 6) is 2.33. The maximum atomic E-state index is 6.78. The van der Waals surface area contributed by atoms with Gasteiger partial charge in [0.1, 0.15) is 0 Å². The van der Waals surface area contributed by atoms with Gasteiger partial charge >= 0.3 is 0 Å². The Bertz CT molecular complexity index is 212. The molecule has 1 rings (SSSR count). The van der Waals surface area contributed by atoms with Crippen LogP contribution in [0.5, 0.6) is 0 Å². The van der Waals surface area contributed by atoms with Crippen LogP contribution in [-0.4, -0.2) is 5.54 Å². The van der Waals surface area contributed by atoms with Gasteiger partial charge < -0.3 is 5.73 Å². The van der Waals surface area contributed by atoms with Crippen molar-refractivity contribution in [3.05, 3.63) is 0 Å². The smallest absolute Gasteiger partial charge is 0.0187 e. The molecule has 1 nitrogen and oxygen atoms in total. The average molecular weight is 239 g/mol. The molecule has 102 valence electrons. The summed E-state index contributed by atoms with van der Waals surface area (Å²) in [7, 11) is 0. The second kappa shape index (κ2) is 6.78. The van der Waals surface area contributed by atoms with E-state index in [1.807, 2.05) is 0 Å². The van der Waals surface area contributed by atoms with Crippen LogP contribution in [0.25, 0.3) is 0 Å². The molecule has 0 aromatic heterocycles. The van der Waals surface area contributed by atoms with Gasteiger partial charge in [0.15, 0.2) is 0 Å². The molecule has 0 bridgehead atoms. The topological polar surface area (TPSA) is 26.0 Å². The van der Waals surface area contributed by atoms with Crippen LogP contribution in [0, 0.1) is 17.8 Å².